The van der Waals surface area contributed by atoms with Crippen LogP contribution in [0.15, 0.2) is 48.5 Å². The lowest BCUT2D eigenvalue weighted by molar-refractivity contribution is -0.133. The van der Waals surface area contributed by atoms with E-state index in [0.717, 1.165) is 57.8 Å². The van der Waals surface area contributed by atoms with Gasteiger partial charge in [-0.05, 0) is 49.6 Å². The number of rotatable bonds is 7. The fraction of sp³-hybridized carbons (Fsp3) is 0.480. The van der Waals surface area contributed by atoms with Crippen LogP contribution in [-0.2, 0) is 4.79 Å². The summed E-state index contributed by atoms with van der Waals surface area (Å²) in [6.07, 6.45) is 2.96. The number of piperazine rings is 1. The van der Waals surface area contributed by atoms with E-state index in [2.05, 4.69) is 66.0 Å². The number of benzene rings is 2. The lowest BCUT2D eigenvalue weighted by atomic mass is 10.0. The van der Waals surface area contributed by atoms with Crippen LogP contribution in [0.1, 0.15) is 43.4 Å². The van der Waals surface area contributed by atoms with Crippen molar-refractivity contribution >= 4 is 11.6 Å². The predicted octanol–water partition coefficient (Wildman–Crippen LogP) is 3.43. The maximum absolute atomic E-state index is 13.1. The summed E-state index contributed by atoms with van der Waals surface area (Å²) in [6, 6.07) is 16.8. The Morgan fingerprint density at radius 2 is 1.71 bits per heavy atom. The molecular weight excluding hydrogens is 388 g/mol. The quantitative estimate of drug-likeness (QED) is 0.670. The number of carbonyl (C=O) groups is 1. The van der Waals surface area contributed by atoms with Crippen molar-refractivity contribution in [2.45, 2.75) is 45.2 Å². The Balaban J connectivity index is 1.26. The van der Waals surface area contributed by atoms with Crippen LogP contribution in [0, 0.1) is 6.92 Å². The van der Waals surface area contributed by atoms with Crippen molar-refractivity contribution < 1.29 is 9.53 Å². The molecule has 2 atom stereocenters. The topological polar surface area (TPSA) is 56.8 Å². The summed E-state index contributed by atoms with van der Waals surface area (Å²) in [6.45, 7) is 8.29. The third-order valence-corrected chi connectivity index (χ3v) is 6.24. The molecule has 2 aromatic carbocycles. The standard InChI is InChI=1S/C25H34N4O2/c1-3-4-17-31-22-11-7-20(8-12-22)23-18-24(27-26-23)25(30)29-15-13-28(14-16-29)21-9-5-19(2)6-10-21/h5-12,23-24,26-27H,3-4,13-18H2,1-2H3. The number of hydrogen-bond acceptors (Lipinski definition) is 5. The second-order valence-corrected chi connectivity index (χ2v) is 8.55. The first-order chi connectivity index (χ1) is 15.1. The van der Waals surface area contributed by atoms with Gasteiger partial charge in [-0.3, -0.25) is 4.79 Å². The Morgan fingerprint density at radius 1 is 1.00 bits per heavy atom. The van der Waals surface area contributed by atoms with E-state index in [1.54, 1.807) is 0 Å². The van der Waals surface area contributed by atoms with Crippen LogP contribution in [-0.4, -0.2) is 49.6 Å². The number of carbonyl (C=O) groups excluding carboxylic acids is 1. The van der Waals surface area contributed by atoms with Crippen LogP contribution in [0.2, 0.25) is 0 Å². The number of hydrogen-bond donors (Lipinski definition) is 2. The lowest BCUT2D eigenvalue weighted by Crippen LogP contribution is -2.53. The zero-order chi connectivity index (χ0) is 21.6. The van der Waals surface area contributed by atoms with Gasteiger partial charge in [-0.15, -0.1) is 0 Å². The lowest BCUT2D eigenvalue weighted by Gasteiger charge is -2.37. The van der Waals surface area contributed by atoms with Crippen molar-refractivity contribution in [2.75, 3.05) is 37.7 Å². The number of amides is 1. The fourth-order valence-electron chi connectivity index (χ4n) is 4.23. The third-order valence-electron chi connectivity index (χ3n) is 6.24. The molecule has 4 rings (SSSR count). The number of aryl methyl sites for hydroxylation is 1. The van der Waals surface area contributed by atoms with E-state index < -0.39 is 0 Å². The molecule has 0 bridgehead atoms. The summed E-state index contributed by atoms with van der Waals surface area (Å²) < 4.78 is 5.75. The number of nitrogens with one attached hydrogen (secondary N) is 2. The van der Waals surface area contributed by atoms with Gasteiger partial charge in [0.15, 0.2) is 0 Å². The van der Waals surface area contributed by atoms with E-state index in [1.165, 1.54) is 16.8 Å². The molecule has 2 saturated heterocycles. The Hall–Kier alpha value is -2.57. The molecule has 166 valence electrons. The third kappa shape index (κ3) is 5.38. The maximum Gasteiger partial charge on any atom is 0.241 e. The SMILES string of the molecule is CCCCOc1ccc(C2CC(C(=O)N3CCN(c4ccc(C)cc4)CC3)NN2)cc1. The van der Waals surface area contributed by atoms with Gasteiger partial charge in [0.1, 0.15) is 11.8 Å². The second-order valence-electron chi connectivity index (χ2n) is 8.55. The van der Waals surface area contributed by atoms with Gasteiger partial charge in [0.2, 0.25) is 5.91 Å². The molecule has 2 heterocycles. The highest BCUT2D eigenvalue weighted by atomic mass is 16.5. The molecule has 0 spiro atoms. The minimum atomic E-state index is -0.184. The normalized spacial score (nSPS) is 21.4. The monoisotopic (exact) mass is 422 g/mol. The van der Waals surface area contributed by atoms with Gasteiger partial charge < -0.3 is 14.5 Å². The maximum atomic E-state index is 13.1. The molecule has 2 aliphatic heterocycles. The van der Waals surface area contributed by atoms with Gasteiger partial charge in [0.05, 0.1) is 6.61 Å². The summed E-state index contributed by atoms with van der Waals surface area (Å²) >= 11 is 0. The zero-order valence-corrected chi connectivity index (χ0v) is 18.6. The molecule has 2 fully saturated rings. The molecule has 1 amide bonds. The minimum absolute atomic E-state index is 0.132. The van der Waals surface area contributed by atoms with Crippen LogP contribution in [0.5, 0.6) is 5.75 Å². The first-order valence-electron chi connectivity index (χ1n) is 11.5. The molecular formula is C25H34N4O2. The molecule has 6 heteroatoms. The van der Waals surface area contributed by atoms with Crippen LogP contribution < -0.4 is 20.5 Å². The number of anilines is 1. The molecule has 31 heavy (non-hydrogen) atoms. The van der Waals surface area contributed by atoms with Crippen molar-refractivity contribution in [3.05, 3.63) is 59.7 Å². The highest BCUT2D eigenvalue weighted by Crippen LogP contribution is 2.26. The van der Waals surface area contributed by atoms with E-state index in [-0.39, 0.29) is 18.0 Å². The molecule has 2 aromatic rings. The van der Waals surface area contributed by atoms with Crippen molar-refractivity contribution in [1.29, 1.82) is 0 Å². The summed E-state index contributed by atoms with van der Waals surface area (Å²) in [5, 5.41) is 0. The average molecular weight is 423 g/mol. The smallest absolute Gasteiger partial charge is 0.241 e. The van der Waals surface area contributed by atoms with E-state index in [9.17, 15) is 4.79 Å². The van der Waals surface area contributed by atoms with E-state index >= 15 is 0 Å². The molecule has 2 unspecified atom stereocenters. The van der Waals surface area contributed by atoms with Crippen molar-refractivity contribution in [3.63, 3.8) is 0 Å². The molecule has 0 aromatic heterocycles. The Bertz CT molecular complexity index is 845. The van der Waals surface area contributed by atoms with Gasteiger partial charge in [-0.2, -0.15) is 0 Å². The van der Waals surface area contributed by atoms with Crippen LogP contribution in [0.3, 0.4) is 0 Å². The summed E-state index contributed by atoms with van der Waals surface area (Å²) in [5.41, 5.74) is 10.2. The molecule has 2 N–H and O–H groups in total. The predicted molar refractivity (Wildman–Crippen MR) is 124 cm³/mol. The molecule has 6 nitrogen and oxygen atoms in total. The second kappa shape index (κ2) is 10.2. The van der Waals surface area contributed by atoms with Gasteiger partial charge >= 0.3 is 0 Å². The summed E-state index contributed by atoms with van der Waals surface area (Å²) in [7, 11) is 0. The van der Waals surface area contributed by atoms with E-state index in [1.807, 2.05) is 17.0 Å². The minimum Gasteiger partial charge on any atom is -0.494 e. The number of unbranched alkanes of at least 4 members (excludes halogenated alkanes) is 1. The zero-order valence-electron chi connectivity index (χ0n) is 18.6. The Kier molecular flexibility index (Phi) is 7.10. The molecule has 0 radical (unpaired) electrons. The van der Waals surface area contributed by atoms with Crippen LogP contribution in [0.25, 0.3) is 0 Å². The van der Waals surface area contributed by atoms with Gasteiger partial charge in [-0.25, -0.2) is 10.9 Å². The van der Waals surface area contributed by atoms with Gasteiger partial charge in [0.25, 0.3) is 0 Å². The largest absolute Gasteiger partial charge is 0.494 e. The molecule has 0 aliphatic carbocycles. The van der Waals surface area contributed by atoms with Crippen LogP contribution >= 0.6 is 0 Å². The Morgan fingerprint density at radius 3 is 2.39 bits per heavy atom. The van der Waals surface area contributed by atoms with Crippen molar-refractivity contribution in [1.82, 2.24) is 15.8 Å². The number of nitrogens with zero attached hydrogens (tertiary/aromatic N) is 2. The summed E-state index contributed by atoms with van der Waals surface area (Å²) in [5.74, 6) is 1.10. The van der Waals surface area contributed by atoms with Gasteiger partial charge in [0, 0.05) is 37.9 Å². The fourth-order valence-corrected chi connectivity index (χ4v) is 4.23. The van der Waals surface area contributed by atoms with E-state index in [0.29, 0.717) is 0 Å². The highest BCUT2D eigenvalue weighted by Gasteiger charge is 2.34. The molecule has 0 saturated carbocycles. The van der Waals surface area contributed by atoms with Crippen LogP contribution in [0.4, 0.5) is 5.69 Å². The first-order valence-corrected chi connectivity index (χ1v) is 11.5. The Labute approximate surface area is 185 Å². The highest BCUT2D eigenvalue weighted by molar-refractivity contribution is 5.82. The van der Waals surface area contributed by atoms with E-state index in [4.69, 9.17) is 4.74 Å². The van der Waals surface area contributed by atoms with Crippen molar-refractivity contribution in [2.24, 2.45) is 0 Å². The van der Waals surface area contributed by atoms with Crippen molar-refractivity contribution in [3.8, 4) is 5.75 Å². The first kappa shape index (κ1) is 21.7. The summed E-state index contributed by atoms with van der Waals surface area (Å²) in [4.78, 5) is 17.4. The average Bonchev–Trinajstić information content (AvgIpc) is 3.30. The van der Waals surface area contributed by atoms with Gasteiger partial charge in [-0.1, -0.05) is 43.2 Å². The molecule has 2 aliphatic rings. The number of hydrazine groups is 1. The number of ether oxygens (including phenoxy) is 1.